The molecule has 0 bridgehead atoms. The lowest BCUT2D eigenvalue weighted by Crippen LogP contribution is -2.28. The van der Waals surface area contributed by atoms with Crippen LogP contribution in [-0.2, 0) is 17.0 Å². The molecule has 4 rings (SSSR count). The van der Waals surface area contributed by atoms with Crippen LogP contribution in [0.15, 0.2) is 40.3 Å². The van der Waals surface area contributed by atoms with Gasteiger partial charge in [0.15, 0.2) is 5.16 Å². The zero-order chi connectivity index (χ0) is 19.9. The zero-order valence-corrected chi connectivity index (χ0v) is 18.0. The van der Waals surface area contributed by atoms with Gasteiger partial charge in [-0.25, -0.2) is 4.98 Å². The summed E-state index contributed by atoms with van der Waals surface area (Å²) in [6, 6.07) is 9.33. The van der Waals surface area contributed by atoms with Gasteiger partial charge in [0.2, 0.25) is 0 Å². The molecule has 0 saturated carbocycles. The van der Waals surface area contributed by atoms with E-state index in [0.717, 1.165) is 40.8 Å². The third-order valence-corrected chi connectivity index (χ3v) is 8.86. The van der Waals surface area contributed by atoms with Crippen LogP contribution >= 0.6 is 34.9 Å². The van der Waals surface area contributed by atoms with E-state index in [9.17, 15) is 9.59 Å². The molecule has 0 radical (unpaired) electrons. The van der Waals surface area contributed by atoms with Gasteiger partial charge in [0, 0.05) is 15.4 Å². The molecule has 28 heavy (non-hydrogen) atoms. The highest BCUT2D eigenvalue weighted by atomic mass is 32.2. The Morgan fingerprint density at radius 1 is 1.36 bits per heavy atom. The first-order chi connectivity index (χ1) is 13.4. The Morgan fingerprint density at radius 3 is 2.79 bits per heavy atom. The lowest BCUT2D eigenvalue weighted by Gasteiger charge is -2.31. The first kappa shape index (κ1) is 19.5. The summed E-state index contributed by atoms with van der Waals surface area (Å²) >= 11 is 4.59. The summed E-state index contributed by atoms with van der Waals surface area (Å²) in [4.78, 5) is 31.4. The molecule has 2 aromatic heterocycles. The lowest BCUT2D eigenvalue weighted by molar-refractivity contribution is -0.133. The molecule has 1 aliphatic heterocycles. The maximum Gasteiger partial charge on any atom is 0.313 e. The molecule has 0 amide bonds. The van der Waals surface area contributed by atoms with Crippen molar-refractivity contribution in [3.05, 3.63) is 51.1 Å². The Morgan fingerprint density at radius 2 is 2.11 bits per heavy atom. The highest BCUT2D eigenvalue weighted by molar-refractivity contribution is 8.00. The van der Waals surface area contributed by atoms with Crippen molar-refractivity contribution in [2.45, 2.75) is 42.3 Å². The van der Waals surface area contributed by atoms with E-state index in [1.54, 1.807) is 15.9 Å². The van der Waals surface area contributed by atoms with Gasteiger partial charge in [-0.15, -0.1) is 23.1 Å². The van der Waals surface area contributed by atoms with Gasteiger partial charge in [0.05, 0.1) is 16.8 Å². The molecule has 0 fully saturated rings. The summed E-state index contributed by atoms with van der Waals surface area (Å²) in [5, 5.41) is 10.2. The van der Waals surface area contributed by atoms with E-state index >= 15 is 0 Å². The maximum atomic E-state index is 13.6. The van der Waals surface area contributed by atoms with E-state index in [0.29, 0.717) is 16.2 Å². The van der Waals surface area contributed by atoms with Gasteiger partial charge in [0.25, 0.3) is 5.56 Å². The molecule has 146 valence electrons. The lowest BCUT2D eigenvalue weighted by atomic mass is 9.96. The van der Waals surface area contributed by atoms with Crippen molar-refractivity contribution in [1.29, 1.82) is 0 Å². The third-order valence-electron chi connectivity index (χ3n) is 5.07. The number of nitrogens with zero attached hydrogens (tertiary/aromatic N) is 2. The molecule has 1 N–H and O–H groups in total. The van der Waals surface area contributed by atoms with Crippen LogP contribution < -0.4 is 5.56 Å². The number of carboxylic acid groups (broad SMARTS) is 1. The van der Waals surface area contributed by atoms with Crippen molar-refractivity contribution >= 4 is 51.0 Å². The second-order valence-electron chi connectivity index (χ2n) is 7.01. The van der Waals surface area contributed by atoms with Gasteiger partial charge in [-0.05, 0) is 30.5 Å². The molecule has 0 saturated heterocycles. The van der Waals surface area contributed by atoms with Gasteiger partial charge in [-0.1, -0.05) is 43.8 Å². The number of para-hydroxylation sites is 1. The summed E-state index contributed by atoms with van der Waals surface area (Å²) in [7, 11) is 0. The second-order valence-corrected chi connectivity index (χ2v) is 10.6. The fraction of sp³-hybridized carbons (Fsp3) is 0.350. The molecular weight excluding hydrogens is 412 g/mol. The van der Waals surface area contributed by atoms with Gasteiger partial charge < -0.3 is 5.11 Å². The predicted octanol–water partition coefficient (Wildman–Crippen LogP) is 4.58. The molecule has 0 aliphatic carbocycles. The minimum Gasteiger partial charge on any atom is -0.481 e. The van der Waals surface area contributed by atoms with Crippen molar-refractivity contribution in [2.75, 3.05) is 5.75 Å². The summed E-state index contributed by atoms with van der Waals surface area (Å²) in [5.41, 5.74) is 1.73. The number of rotatable bonds is 5. The molecule has 3 heterocycles. The molecular formula is C20H20N2O3S3. The SMILES string of the molecule is CC[C@]1(C)Cc2c(sc3nc(SCC(=O)O)n(-c4ccccc4)c(=O)c23)CS1. The fourth-order valence-electron chi connectivity index (χ4n) is 3.36. The fourth-order valence-corrected chi connectivity index (χ4v) is 6.63. The number of aliphatic carboxylic acids is 1. The molecule has 8 heteroatoms. The predicted molar refractivity (Wildman–Crippen MR) is 117 cm³/mol. The molecule has 1 atom stereocenters. The number of benzene rings is 1. The van der Waals surface area contributed by atoms with Gasteiger partial charge in [0.1, 0.15) is 4.83 Å². The van der Waals surface area contributed by atoms with E-state index in [1.165, 1.54) is 4.88 Å². The molecule has 1 aliphatic rings. The minimum atomic E-state index is -0.931. The van der Waals surface area contributed by atoms with Crippen LogP contribution in [0, 0.1) is 0 Å². The molecule has 3 aromatic rings. The quantitative estimate of drug-likeness (QED) is 0.470. The van der Waals surface area contributed by atoms with Gasteiger partial charge >= 0.3 is 5.97 Å². The van der Waals surface area contributed by atoms with Crippen LogP contribution in [0.4, 0.5) is 0 Å². The number of hydrogen-bond donors (Lipinski definition) is 1. The normalized spacial score (nSPS) is 18.9. The number of carbonyl (C=O) groups is 1. The van der Waals surface area contributed by atoms with E-state index in [2.05, 4.69) is 13.8 Å². The Labute approximate surface area is 175 Å². The Bertz CT molecular complexity index is 1110. The third kappa shape index (κ3) is 3.49. The standard InChI is InChI=1S/C20H20N2O3S3/c1-3-20(2)9-13-14(10-27-20)28-17-16(13)18(25)22(12-7-5-4-6-8-12)19(21-17)26-11-15(23)24/h4-8H,3,9-11H2,1-2H3,(H,23,24)/t20-/m1/s1. The van der Waals surface area contributed by atoms with Crippen molar-refractivity contribution in [2.24, 2.45) is 0 Å². The minimum absolute atomic E-state index is 0.105. The van der Waals surface area contributed by atoms with Crippen molar-refractivity contribution in [3.63, 3.8) is 0 Å². The van der Waals surface area contributed by atoms with Crippen molar-refractivity contribution in [3.8, 4) is 5.69 Å². The summed E-state index contributed by atoms with van der Waals surface area (Å²) < 4.78 is 1.69. The number of aromatic nitrogens is 2. The smallest absolute Gasteiger partial charge is 0.313 e. The second kappa shape index (κ2) is 7.57. The van der Waals surface area contributed by atoms with E-state index in [4.69, 9.17) is 10.1 Å². The molecule has 0 spiro atoms. The highest BCUT2D eigenvalue weighted by Gasteiger charge is 2.33. The average molecular weight is 433 g/mol. The molecule has 0 unspecified atom stereocenters. The molecule has 5 nitrogen and oxygen atoms in total. The van der Waals surface area contributed by atoms with Crippen LogP contribution in [-0.4, -0.2) is 31.1 Å². The number of carboxylic acids is 1. The maximum absolute atomic E-state index is 13.6. The van der Waals surface area contributed by atoms with Crippen molar-refractivity contribution < 1.29 is 9.90 Å². The molecule has 1 aromatic carbocycles. The topological polar surface area (TPSA) is 72.2 Å². The van der Waals surface area contributed by atoms with Crippen LogP contribution in [0.5, 0.6) is 0 Å². The average Bonchev–Trinajstić information content (AvgIpc) is 3.04. The Kier molecular flexibility index (Phi) is 5.28. The van der Waals surface area contributed by atoms with Crippen LogP contribution in [0.2, 0.25) is 0 Å². The van der Waals surface area contributed by atoms with Crippen molar-refractivity contribution in [1.82, 2.24) is 9.55 Å². The number of thioether (sulfide) groups is 2. The van der Waals surface area contributed by atoms with Crippen LogP contribution in [0.25, 0.3) is 15.9 Å². The Hall–Kier alpha value is -1.77. The first-order valence-electron chi connectivity index (χ1n) is 9.03. The number of hydrogen-bond acceptors (Lipinski definition) is 6. The summed E-state index contributed by atoms with van der Waals surface area (Å²) in [6.07, 6.45) is 1.90. The van der Waals surface area contributed by atoms with E-state index in [1.807, 2.05) is 42.1 Å². The highest BCUT2D eigenvalue weighted by Crippen LogP contribution is 2.45. The van der Waals surface area contributed by atoms with E-state index in [-0.39, 0.29) is 16.1 Å². The summed E-state index contributed by atoms with van der Waals surface area (Å²) in [5.74, 6) is -0.178. The monoisotopic (exact) mass is 432 g/mol. The Balaban J connectivity index is 1.95. The van der Waals surface area contributed by atoms with Gasteiger partial charge in [-0.3, -0.25) is 14.2 Å². The van der Waals surface area contributed by atoms with Gasteiger partial charge in [-0.2, -0.15) is 0 Å². The van der Waals surface area contributed by atoms with Crippen LogP contribution in [0.1, 0.15) is 30.7 Å². The first-order valence-corrected chi connectivity index (χ1v) is 11.8. The van der Waals surface area contributed by atoms with E-state index < -0.39 is 5.97 Å². The number of fused-ring (bicyclic) bond motifs is 3. The van der Waals surface area contributed by atoms with Crippen LogP contribution in [0.3, 0.4) is 0 Å². The largest absolute Gasteiger partial charge is 0.481 e. The zero-order valence-electron chi connectivity index (χ0n) is 15.6. The summed E-state index contributed by atoms with van der Waals surface area (Å²) in [6.45, 7) is 4.44. The number of thiophene rings is 1.